The molecule has 0 aliphatic carbocycles. The van der Waals surface area contributed by atoms with E-state index in [0.29, 0.717) is 30.9 Å². The first-order valence-corrected chi connectivity index (χ1v) is 8.83. The van der Waals surface area contributed by atoms with E-state index >= 15 is 0 Å². The van der Waals surface area contributed by atoms with Crippen LogP contribution in [0.3, 0.4) is 0 Å². The highest BCUT2D eigenvalue weighted by atomic mass is 35.5. The molecule has 1 aromatic carbocycles. The van der Waals surface area contributed by atoms with Gasteiger partial charge in [0.2, 0.25) is 5.91 Å². The average molecular weight is 379 g/mol. The van der Waals surface area contributed by atoms with Crippen molar-refractivity contribution in [3.05, 3.63) is 46.4 Å². The van der Waals surface area contributed by atoms with Gasteiger partial charge in [-0.2, -0.15) is 0 Å². The van der Waals surface area contributed by atoms with E-state index in [-0.39, 0.29) is 23.9 Å². The Balaban J connectivity index is 0.00000338. The van der Waals surface area contributed by atoms with Gasteiger partial charge in [0.05, 0.1) is 0 Å². The molecule has 0 fully saturated rings. The van der Waals surface area contributed by atoms with Gasteiger partial charge in [0.1, 0.15) is 5.82 Å². The minimum absolute atomic E-state index is 0. The molecule has 0 unspecified atom stereocenters. The molecule has 0 aliphatic heterocycles. The van der Waals surface area contributed by atoms with Gasteiger partial charge in [0, 0.05) is 29.4 Å². The van der Waals surface area contributed by atoms with Crippen molar-refractivity contribution >= 4 is 24.0 Å². The summed E-state index contributed by atoms with van der Waals surface area (Å²) in [4.78, 5) is 30.9. The average Bonchev–Trinajstić information content (AvgIpc) is 2.61. The number of nitrogens with two attached hydrogens (primary N) is 1. The highest BCUT2D eigenvalue weighted by Crippen LogP contribution is 2.19. The van der Waals surface area contributed by atoms with Gasteiger partial charge >= 0.3 is 0 Å². The molecule has 1 heterocycles. The molecular weight excluding hydrogens is 352 g/mol. The summed E-state index contributed by atoms with van der Waals surface area (Å²) >= 11 is 0. The standard InChI is InChI=1S/C19H26N4O2.ClH/c1-2-15-13-18(25)23-19(22-15)14-8-7-9-16(12-14)21-17(24)10-5-3-4-6-11-20;/h7-9,12-13H,2-6,10-11,20H2,1H3,(H,21,24)(H,22,23,25);1H. The van der Waals surface area contributed by atoms with Crippen molar-refractivity contribution < 1.29 is 4.79 Å². The van der Waals surface area contributed by atoms with Gasteiger partial charge in [0.25, 0.3) is 5.56 Å². The molecule has 0 atom stereocenters. The molecule has 26 heavy (non-hydrogen) atoms. The fourth-order valence-electron chi connectivity index (χ4n) is 2.58. The molecule has 0 radical (unpaired) electrons. The second-order valence-electron chi connectivity index (χ2n) is 6.02. The lowest BCUT2D eigenvalue weighted by Crippen LogP contribution is -2.12. The number of aryl methyl sites for hydroxylation is 1. The quantitative estimate of drug-likeness (QED) is 0.583. The van der Waals surface area contributed by atoms with Crippen molar-refractivity contribution in [2.45, 2.75) is 45.4 Å². The number of rotatable bonds is 9. The predicted molar refractivity (Wildman–Crippen MR) is 108 cm³/mol. The monoisotopic (exact) mass is 378 g/mol. The number of hydrogen-bond acceptors (Lipinski definition) is 4. The third-order valence-corrected chi connectivity index (χ3v) is 3.93. The predicted octanol–water partition coefficient (Wildman–Crippen LogP) is 3.27. The first-order chi connectivity index (χ1) is 12.1. The Morgan fingerprint density at radius 1 is 1.19 bits per heavy atom. The number of unbranched alkanes of at least 4 members (excludes halogenated alkanes) is 3. The second kappa shape index (κ2) is 11.4. The Labute approximate surface area is 160 Å². The molecule has 0 bridgehead atoms. The van der Waals surface area contributed by atoms with Crippen molar-refractivity contribution in [3.63, 3.8) is 0 Å². The maximum absolute atomic E-state index is 12.0. The summed E-state index contributed by atoms with van der Waals surface area (Å²) in [6.45, 7) is 2.66. The van der Waals surface area contributed by atoms with Gasteiger partial charge in [-0.25, -0.2) is 4.98 Å². The highest BCUT2D eigenvalue weighted by Gasteiger charge is 2.06. The number of aromatic nitrogens is 2. The lowest BCUT2D eigenvalue weighted by atomic mass is 10.1. The van der Waals surface area contributed by atoms with Crippen LogP contribution in [0.4, 0.5) is 5.69 Å². The van der Waals surface area contributed by atoms with Gasteiger partial charge in [-0.3, -0.25) is 9.59 Å². The maximum Gasteiger partial charge on any atom is 0.251 e. The number of hydrogen-bond donors (Lipinski definition) is 3. The van der Waals surface area contributed by atoms with Crippen LogP contribution in [-0.4, -0.2) is 22.4 Å². The lowest BCUT2D eigenvalue weighted by molar-refractivity contribution is -0.116. The molecule has 0 aliphatic rings. The van der Waals surface area contributed by atoms with Gasteiger partial charge in [0.15, 0.2) is 0 Å². The Kier molecular flexibility index (Phi) is 9.62. The summed E-state index contributed by atoms with van der Waals surface area (Å²) < 4.78 is 0. The zero-order chi connectivity index (χ0) is 18.1. The van der Waals surface area contributed by atoms with E-state index in [9.17, 15) is 9.59 Å². The Morgan fingerprint density at radius 2 is 1.96 bits per heavy atom. The zero-order valence-electron chi connectivity index (χ0n) is 15.1. The summed E-state index contributed by atoms with van der Waals surface area (Å²) in [5.74, 6) is 0.510. The highest BCUT2D eigenvalue weighted by molar-refractivity contribution is 5.91. The fraction of sp³-hybridized carbons (Fsp3) is 0.421. The van der Waals surface area contributed by atoms with Crippen molar-refractivity contribution in [3.8, 4) is 11.4 Å². The first kappa shape index (κ1) is 21.9. The van der Waals surface area contributed by atoms with Crippen LogP contribution in [-0.2, 0) is 11.2 Å². The van der Waals surface area contributed by atoms with Gasteiger partial charge in [-0.05, 0) is 37.9 Å². The lowest BCUT2D eigenvalue weighted by Gasteiger charge is -2.08. The minimum Gasteiger partial charge on any atom is -0.330 e. The van der Waals surface area contributed by atoms with E-state index in [1.165, 1.54) is 6.07 Å². The third-order valence-electron chi connectivity index (χ3n) is 3.93. The van der Waals surface area contributed by atoms with Crippen LogP contribution in [0.25, 0.3) is 11.4 Å². The Bertz CT molecular complexity index is 761. The van der Waals surface area contributed by atoms with E-state index in [2.05, 4.69) is 15.3 Å². The van der Waals surface area contributed by atoms with Gasteiger partial charge in [-0.15, -0.1) is 12.4 Å². The molecule has 0 saturated carbocycles. The molecule has 0 saturated heterocycles. The molecule has 1 aromatic heterocycles. The van der Waals surface area contributed by atoms with Crippen LogP contribution in [0.15, 0.2) is 35.1 Å². The zero-order valence-corrected chi connectivity index (χ0v) is 15.9. The van der Waals surface area contributed by atoms with Crippen LogP contribution < -0.4 is 16.6 Å². The number of nitrogens with one attached hydrogen (secondary N) is 2. The van der Waals surface area contributed by atoms with Crippen LogP contribution in [0, 0.1) is 0 Å². The molecule has 142 valence electrons. The Morgan fingerprint density at radius 3 is 2.69 bits per heavy atom. The number of amides is 1. The van der Waals surface area contributed by atoms with Crippen LogP contribution in [0.1, 0.15) is 44.7 Å². The van der Waals surface area contributed by atoms with Crippen molar-refractivity contribution in [1.82, 2.24) is 9.97 Å². The largest absolute Gasteiger partial charge is 0.330 e. The summed E-state index contributed by atoms with van der Waals surface area (Å²) in [6.07, 6.45) is 5.13. The van der Waals surface area contributed by atoms with Crippen molar-refractivity contribution in [2.24, 2.45) is 5.73 Å². The van der Waals surface area contributed by atoms with Crippen LogP contribution in [0.2, 0.25) is 0 Å². The summed E-state index contributed by atoms with van der Waals surface area (Å²) in [6, 6.07) is 8.85. The second-order valence-corrected chi connectivity index (χ2v) is 6.02. The van der Waals surface area contributed by atoms with E-state index in [4.69, 9.17) is 5.73 Å². The number of anilines is 1. The van der Waals surface area contributed by atoms with Crippen LogP contribution in [0.5, 0.6) is 0 Å². The number of carbonyl (C=O) groups is 1. The van der Waals surface area contributed by atoms with Crippen LogP contribution >= 0.6 is 12.4 Å². The molecule has 2 rings (SSSR count). The van der Waals surface area contributed by atoms with E-state index in [1.54, 1.807) is 0 Å². The molecule has 6 nitrogen and oxygen atoms in total. The number of benzene rings is 1. The first-order valence-electron chi connectivity index (χ1n) is 8.83. The number of H-pyrrole nitrogens is 1. The van der Waals surface area contributed by atoms with E-state index in [1.807, 2.05) is 31.2 Å². The SMILES string of the molecule is CCc1cc(=O)[nH]c(-c2cccc(NC(=O)CCCCCCN)c2)n1.Cl. The normalized spacial score (nSPS) is 10.2. The smallest absolute Gasteiger partial charge is 0.251 e. The molecule has 7 heteroatoms. The number of carbonyl (C=O) groups excluding carboxylic acids is 1. The number of nitrogens with zero attached hydrogens (tertiary/aromatic N) is 1. The molecule has 0 spiro atoms. The summed E-state index contributed by atoms with van der Waals surface area (Å²) in [5.41, 5.74) is 7.50. The molecule has 2 aromatic rings. The van der Waals surface area contributed by atoms with Gasteiger partial charge < -0.3 is 16.0 Å². The number of aromatic amines is 1. The van der Waals surface area contributed by atoms with E-state index in [0.717, 1.165) is 36.9 Å². The fourth-order valence-corrected chi connectivity index (χ4v) is 2.58. The molecular formula is C19H27ClN4O2. The molecule has 1 amide bonds. The molecule has 4 N–H and O–H groups in total. The third kappa shape index (κ3) is 6.98. The minimum atomic E-state index is -0.172. The topological polar surface area (TPSA) is 101 Å². The van der Waals surface area contributed by atoms with E-state index < -0.39 is 0 Å². The maximum atomic E-state index is 12.0. The summed E-state index contributed by atoms with van der Waals surface area (Å²) in [7, 11) is 0. The summed E-state index contributed by atoms with van der Waals surface area (Å²) in [5, 5.41) is 2.90. The van der Waals surface area contributed by atoms with Crippen molar-refractivity contribution in [1.29, 1.82) is 0 Å². The number of halogens is 1. The van der Waals surface area contributed by atoms with Crippen molar-refractivity contribution in [2.75, 3.05) is 11.9 Å². The van der Waals surface area contributed by atoms with Gasteiger partial charge in [-0.1, -0.05) is 31.9 Å². The Hall–Kier alpha value is -2.18.